The fraction of sp³-hybridized carbons (Fsp3) is 0.240. The highest BCUT2D eigenvalue weighted by molar-refractivity contribution is 7.99. The van der Waals surface area contributed by atoms with E-state index in [1.807, 2.05) is 44.2 Å². The summed E-state index contributed by atoms with van der Waals surface area (Å²) in [5.41, 5.74) is 2.57. The zero-order valence-corrected chi connectivity index (χ0v) is 21.6. The minimum absolute atomic E-state index is 0.0939. The van der Waals surface area contributed by atoms with Gasteiger partial charge < -0.3 is 14.8 Å². The molecule has 182 valence electrons. The van der Waals surface area contributed by atoms with Gasteiger partial charge in [0.25, 0.3) is 0 Å². The highest BCUT2D eigenvalue weighted by Crippen LogP contribution is 2.40. The molecule has 0 bridgehead atoms. The van der Waals surface area contributed by atoms with Crippen molar-refractivity contribution in [3.8, 4) is 5.75 Å². The molecule has 1 aromatic heterocycles. The van der Waals surface area contributed by atoms with Crippen molar-refractivity contribution in [1.29, 1.82) is 0 Å². The van der Waals surface area contributed by atoms with Gasteiger partial charge in [-0.25, -0.2) is 9.48 Å². The molecule has 0 saturated heterocycles. The summed E-state index contributed by atoms with van der Waals surface area (Å²) in [7, 11) is 0. The summed E-state index contributed by atoms with van der Waals surface area (Å²) in [5, 5.41) is 9.55. The number of benzene rings is 2. The third-order valence-electron chi connectivity index (χ3n) is 5.27. The average Bonchev–Trinajstić information content (AvgIpc) is 3.23. The normalized spacial score (nSPS) is 14.8. The van der Waals surface area contributed by atoms with Crippen molar-refractivity contribution >= 4 is 46.9 Å². The van der Waals surface area contributed by atoms with Crippen molar-refractivity contribution in [3.63, 3.8) is 0 Å². The van der Waals surface area contributed by atoms with Crippen molar-refractivity contribution < 1.29 is 14.3 Å². The summed E-state index contributed by atoms with van der Waals surface area (Å²) in [6.07, 6.45) is 1.53. The van der Waals surface area contributed by atoms with Gasteiger partial charge in [0.05, 0.1) is 5.57 Å². The number of anilines is 1. The molecule has 0 amide bonds. The van der Waals surface area contributed by atoms with Crippen LogP contribution >= 0.6 is 35.0 Å². The molecule has 7 nitrogen and oxygen atoms in total. The van der Waals surface area contributed by atoms with Crippen LogP contribution in [0.25, 0.3) is 0 Å². The first-order valence-electron chi connectivity index (χ1n) is 10.9. The molecule has 0 spiro atoms. The lowest BCUT2D eigenvalue weighted by Gasteiger charge is -2.29. The molecule has 0 fully saturated rings. The molecule has 2 heterocycles. The first kappa shape index (κ1) is 25.2. The van der Waals surface area contributed by atoms with Crippen molar-refractivity contribution in [2.45, 2.75) is 31.7 Å². The summed E-state index contributed by atoms with van der Waals surface area (Å²) in [6.45, 7) is 7.80. The van der Waals surface area contributed by atoms with Crippen LogP contribution in [0.3, 0.4) is 0 Å². The second-order valence-corrected chi connectivity index (χ2v) is 9.69. The number of hydrogen-bond acceptors (Lipinski definition) is 7. The summed E-state index contributed by atoms with van der Waals surface area (Å²) in [6, 6.07) is 12.2. The Morgan fingerprint density at radius 1 is 1.29 bits per heavy atom. The van der Waals surface area contributed by atoms with Gasteiger partial charge in [-0.3, -0.25) is 0 Å². The molecule has 4 rings (SSSR count). The van der Waals surface area contributed by atoms with Crippen LogP contribution in [0.5, 0.6) is 5.75 Å². The highest BCUT2D eigenvalue weighted by atomic mass is 35.5. The lowest BCUT2D eigenvalue weighted by Crippen LogP contribution is -2.30. The van der Waals surface area contributed by atoms with E-state index in [1.54, 1.807) is 16.8 Å². The Balaban J connectivity index is 1.76. The van der Waals surface area contributed by atoms with E-state index in [0.29, 0.717) is 38.2 Å². The predicted octanol–water partition coefficient (Wildman–Crippen LogP) is 6.29. The molecule has 1 aliphatic heterocycles. The smallest absolute Gasteiger partial charge is 0.338 e. The number of esters is 1. The molecule has 1 unspecified atom stereocenters. The van der Waals surface area contributed by atoms with Crippen molar-refractivity contribution in [3.05, 3.63) is 87.6 Å². The maximum Gasteiger partial charge on any atom is 0.338 e. The van der Waals surface area contributed by atoms with Crippen molar-refractivity contribution in [1.82, 2.24) is 14.8 Å². The first-order chi connectivity index (χ1) is 16.9. The van der Waals surface area contributed by atoms with Crippen molar-refractivity contribution in [2.75, 3.05) is 17.7 Å². The lowest BCUT2D eigenvalue weighted by atomic mass is 9.95. The van der Waals surface area contributed by atoms with E-state index in [0.717, 1.165) is 16.9 Å². The van der Waals surface area contributed by atoms with Crippen LogP contribution in [0.1, 0.15) is 31.0 Å². The monoisotopic (exact) mass is 530 g/mol. The van der Waals surface area contributed by atoms with Gasteiger partial charge in [-0.15, -0.1) is 5.10 Å². The van der Waals surface area contributed by atoms with E-state index in [-0.39, 0.29) is 13.2 Å². The number of halogens is 2. The lowest BCUT2D eigenvalue weighted by molar-refractivity contribution is -0.138. The van der Waals surface area contributed by atoms with Gasteiger partial charge in [0, 0.05) is 26.9 Å². The highest BCUT2D eigenvalue weighted by Gasteiger charge is 2.36. The zero-order chi connectivity index (χ0) is 24.9. The number of para-hydroxylation sites is 1. The Hall–Kier alpha value is -2.94. The number of ether oxygens (including phenoxy) is 2. The number of hydrogen-bond donors (Lipinski definition) is 1. The van der Waals surface area contributed by atoms with Crippen molar-refractivity contribution in [2.24, 2.45) is 0 Å². The molecule has 1 aliphatic rings. The van der Waals surface area contributed by atoms with Gasteiger partial charge in [0.2, 0.25) is 11.1 Å². The molecule has 1 N–H and O–H groups in total. The number of carbonyl (C=O) groups is 1. The van der Waals surface area contributed by atoms with Crippen LogP contribution in [0.15, 0.2) is 71.5 Å². The fourth-order valence-electron chi connectivity index (χ4n) is 3.72. The molecule has 3 aromatic rings. The van der Waals surface area contributed by atoms with E-state index in [4.69, 9.17) is 32.7 Å². The number of carbonyl (C=O) groups excluding carboxylic acids is 1. The third-order valence-corrected chi connectivity index (χ3v) is 6.58. The van der Waals surface area contributed by atoms with Crippen LogP contribution in [0, 0.1) is 0 Å². The maximum absolute atomic E-state index is 13.2. The summed E-state index contributed by atoms with van der Waals surface area (Å²) < 4.78 is 13.3. The number of nitrogens with one attached hydrogen (secondary N) is 1. The predicted molar refractivity (Wildman–Crippen MR) is 139 cm³/mol. The fourth-order valence-corrected chi connectivity index (χ4v) is 4.74. The zero-order valence-electron chi connectivity index (χ0n) is 19.3. The number of rotatable bonds is 9. The Morgan fingerprint density at radius 3 is 2.83 bits per heavy atom. The summed E-state index contributed by atoms with van der Waals surface area (Å²) in [4.78, 5) is 17.8. The topological polar surface area (TPSA) is 78.3 Å². The Bertz CT molecular complexity index is 1290. The number of aromatic nitrogens is 3. The SMILES string of the molecule is C=CCOC(=O)C1=C(C)Nc2nc(SCC)nn2C1c1ccccc1OCc1ccc(Cl)cc1Cl. The van der Waals surface area contributed by atoms with Crippen LogP contribution in [-0.2, 0) is 16.1 Å². The third kappa shape index (κ3) is 5.50. The largest absolute Gasteiger partial charge is 0.488 e. The van der Waals surface area contributed by atoms with E-state index in [9.17, 15) is 4.79 Å². The second kappa shape index (κ2) is 11.2. The molecule has 0 radical (unpaired) electrons. The molecular formula is C25H24Cl2N4O3S. The molecule has 35 heavy (non-hydrogen) atoms. The van der Waals surface area contributed by atoms with Gasteiger partial charge in [-0.05, 0) is 30.9 Å². The number of thioether (sulfide) groups is 1. The molecule has 2 aromatic carbocycles. The molecule has 1 atom stereocenters. The minimum Gasteiger partial charge on any atom is -0.488 e. The molecule has 0 aliphatic carbocycles. The van der Waals surface area contributed by atoms with E-state index in [2.05, 4.69) is 22.0 Å². The average molecular weight is 531 g/mol. The van der Waals surface area contributed by atoms with Crippen LogP contribution in [0.4, 0.5) is 5.95 Å². The van der Waals surface area contributed by atoms with Crippen LogP contribution in [-0.4, -0.2) is 33.1 Å². The molecule has 10 heteroatoms. The summed E-state index contributed by atoms with van der Waals surface area (Å²) >= 11 is 13.9. The number of nitrogens with zero attached hydrogens (tertiary/aromatic N) is 3. The first-order valence-corrected chi connectivity index (χ1v) is 12.7. The van der Waals surface area contributed by atoms with E-state index in [1.165, 1.54) is 17.8 Å². The molecular weight excluding hydrogens is 507 g/mol. The standard InChI is InChI=1S/C25H24Cl2N4O3S/c1-4-12-33-23(32)21-15(3)28-24-29-25(35-5-2)30-31(24)22(21)18-8-6-7-9-20(18)34-14-16-10-11-17(26)13-19(16)27/h4,6-11,13,22H,1,5,12,14H2,2-3H3,(H,28,29,30). The number of fused-ring (bicyclic) bond motifs is 1. The van der Waals surface area contributed by atoms with Gasteiger partial charge in [-0.1, -0.05) is 78.8 Å². The Morgan fingerprint density at radius 2 is 2.09 bits per heavy atom. The Kier molecular flexibility index (Phi) is 8.05. The van der Waals surface area contributed by atoms with Gasteiger partial charge in [0.15, 0.2) is 0 Å². The minimum atomic E-state index is -0.612. The summed E-state index contributed by atoms with van der Waals surface area (Å²) in [5.74, 6) is 1.47. The Labute approximate surface area is 218 Å². The maximum atomic E-state index is 13.2. The van der Waals surface area contributed by atoms with Gasteiger partial charge in [0.1, 0.15) is 25.0 Å². The number of allylic oxidation sites excluding steroid dienone is 1. The second-order valence-electron chi connectivity index (χ2n) is 7.61. The van der Waals surface area contributed by atoms with Crippen LogP contribution < -0.4 is 10.1 Å². The van der Waals surface area contributed by atoms with Gasteiger partial charge in [-0.2, -0.15) is 4.98 Å². The molecule has 0 saturated carbocycles. The van der Waals surface area contributed by atoms with E-state index >= 15 is 0 Å². The van der Waals surface area contributed by atoms with Crippen LogP contribution in [0.2, 0.25) is 10.0 Å². The quantitative estimate of drug-likeness (QED) is 0.197. The van der Waals surface area contributed by atoms with Gasteiger partial charge >= 0.3 is 5.97 Å². The van der Waals surface area contributed by atoms with E-state index < -0.39 is 12.0 Å².